The molecule has 1 unspecified atom stereocenters. The molecule has 0 aromatic heterocycles. The molecule has 86 valence electrons. The smallest absolute Gasteiger partial charge is 0.237 e. The highest BCUT2D eigenvalue weighted by Gasteiger charge is 2.23. The Morgan fingerprint density at radius 1 is 1.44 bits per heavy atom. The lowest BCUT2D eigenvalue weighted by Crippen LogP contribution is -2.34. The maximum absolute atomic E-state index is 11.7. The summed E-state index contributed by atoms with van der Waals surface area (Å²) in [7, 11) is 0. The van der Waals surface area contributed by atoms with Crippen molar-refractivity contribution in [1.29, 1.82) is 0 Å². The maximum atomic E-state index is 11.7. The van der Waals surface area contributed by atoms with E-state index < -0.39 is 0 Å². The van der Waals surface area contributed by atoms with Gasteiger partial charge in [-0.05, 0) is 24.6 Å². The Bertz CT molecular complexity index is 364. The fraction of sp³-hybridized carbons (Fsp3) is 0.417. The van der Waals surface area contributed by atoms with Gasteiger partial charge in [0.05, 0.1) is 0 Å². The zero-order valence-electron chi connectivity index (χ0n) is 9.32. The first-order valence-corrected chi connectivity index (χ1v) is 6.59. The van der Waals surface area contributed by atoms with Crippen molar-refractivity contribution in [3.05, 3.63) is 29.8 Å². The number of thioether (sulfide) groups is 1. The molecule has 0 radical (unpaired) electrons. The summed E-state index contributed by atoms with van der Waals surface area (Å²) in [5, 5.41) is 6.10. The number of rotatable bonds is 3. The predicted molar refractivity (Wildman–Crippen MR) is 68.8 cm³/mol. The zero-order chi connectivity index (χ0) is 11.4. The molecule has 1 aromatic rings. The highest BCUT2D eigenvalue weighted by atomic mass is 32.2. The second-order valence-electron chi connectivity index (χ2n) is 3.69. The second-order valence-corrected chi connectivity index (χ2v) is 4.91. The van der Waals surface area contributed by atoms with Crippen molar-refractivity contribution < 1.29 is 4.79 Å². The van der Waals surface area contributed by atoms with E-state index >= 15 is 0 Å². The molecular weight excluding hydrogens is 220 g/mol. The van der Waals surface area contributed by atoms with Gasteiger partial charge < -0.3 is 10.6 Å². The van der Waals surface area contributed by atoms with E-state index in [9.17, 15) is 4.79 Å². The van der Waals surface area contributed by atoms with Crippen LogP contribution in [0.3, 0.4) is 0 Å². The van der Waals surface area contributed by atoms with Crippen molar-refractivity contribution in [2.45, 2.75) is 12.2 Å². The number of carbonyl (C=O) groups is 1. The third kappa shape index (κ3) is 2.50. The standard InChI is InChI=1S/C12H16N2OS/c1-2-13-10-5-3-9(4-6-10)11-12(15)14-7-8-16-11/h3-6,11,13H,2,7-8H2,1H3,(H,14,15). The molecule has 0 aliphatic carbocycles. The van der Waals surface area contributed by atoms with Crippen LogP contribution in [-0.4, -0.2) is 24.7 Å². The molecule has 16 heavy (non-hydrogen) atoms. The Morgan fingerprint density at radius 2 is 2.19 bits per heavy atom. The summed E-state index contributed by atoms with van der Waals surface area (Å²) in [5.41, 5.74) is 2.19. The van der Waals surface area contributed by atoms with Crippen LogP contribution in [0.25, 0.3) is 0 Å². The summed E-state index contributed by atoms with van der Waals surface area (Å²) in [4.78, 5) is 11.7. The summed E-state index contributed by atoms with van der Waals surface area (Å²) < 4.78 is 0. The molecule has 1 atom stereocenters. The fourth-order valence-corrected chi connectivity index (χ4v) is 2.79. The van der Waals surface area contributed by atoms with Crippen LogP contribution in [0.4, 0.5) is 5.69 Å². The van der Waals surface area contributed by atoms with Gasteiger partial charge in [0.2, 0.25) is 5.91 Å². The lowest BCUT2D eigenvalue weighted by atomic mass is 10.1. The molecule has 1 heterocycles. The van der Waals surface area contributed by atoms with Gasteiger partial charge in [-0.25, -0.2) is 0 Å². The molecule has 1 fully saturated rings. The number of anilines is 1. The van der Waals surface area contributed by atoms with E-state index in [0.717, 1.165) is 30.1 Å². The molecule has 4 heteroatoms. The molecule has 1 saturated heterocycles. The third-order valence-electron chi connectivity index (χ3n) is 2.52. The molecule has 1 aliphatic rings. The molecule has 2 N–H and O–H groups in total. The van der Waals surface area contributed by atoms with Crippen molar-refractivity contribution in [2.75, 3.05) is 24.2 Å². The molecule has 2 rings (SSSR count). The zero-order valence-corrected chi connectivity index (χ0v) is 10.1. The molecule has 1 aromatic carbocycles. The van der Waals surface area contributed by atoms with Crippen LogP contribution >= 0.6 is 11.8 Å². The van der Waals surface area contributed by atoms with E-state index in [0.29, 0.717) is 0 Å². The van der Waals surface area contributed by atoms with E-state index in [1.54, 1.807) is 11.8 Å². The minimum Gasteiger partial charge on any atom is -0.385 e. The number of hydrogen-bond donors (Lipinski definition) is 2. The molecule has 1 amide bonds. The van der Waals surface area contributed by atoms with Gasteiger partial charge in [0.25, 0.3) is 0 Å². The van der Waals surface area contributed by atoms with Gasteiger partial charge in [0.1, 0.15) is 5.25 Å². The largest absolute Gasteiger partial charge is 0.385 e. The van der Waals surface area contributed by atoms with E-state index in [1.807, 2.05) is 24.3 Å². The first kappa shape index (κ1) is 11.3. The highest BCUT2D eigenvalue weighted by Crippen LogP contribution is 2.31. The van der Waals surface area contributed by atoms with Gasteiger partial charge in [-0.1, -0.05) is 12.1 Å². The first-order chi connectivity index (χ1) is 7.81. The Labute approximate surface area is 100.0 Å². The van der Waals surface area contributed by atoms with Crippen LogP contribution in [0.15, 0.2) is 24.3 Å². The van der Waals surface area contributed by atoms with E-state index in [2.05, 4.69) is 17.6 Å². The van der Waals surface area contributed by atoms with Crippen molar-refractivity contribution in [1.82, 2.24) is 5.32 Å². The quantitative estimate of drug-likeness (QED) is 0.843. The van der Waals surface area contributed by atoms with Gasteiger partial charge in [-0.15, -0.1) is 11.8 Å². The lowest BCUT2D eigenvalue weighted by molar-refractivity contribution is -0.120. The monoisotopic (exact) mass is 236 g/mol. The van der Waals surface area contributed by atoms with Gasteiger partial charge >= 0.3 is 0 Å². The number of nitrogens with one attached hydrogen (secondary N) is 2. The van der Waals surface area contributed by atoms with E-state index in [4.69, 9.17) is 0 Å². The summed E-state index contributed by atoms with van der Waals surface area (Å²) >= 11 is 1.71. The Kier molecular flexibility index (Phi) is 3.72. The van der Waals surface area contributed by atoms with Crippen molar-refractivity contribution in [3.8, 4) is 0 Å². The van der Waals surface area contributed by atoms with Gasteiger partial charge in [0, 0.05) is 24.5 Å². The van der Waals surface area contributed by atoms with Crippen LogP contribution in [-0.2, 0) is 4.79 Å². The van der Waals surface area contributed by atoms with Crippen molar-refractivity contribution in [3.63, 3.8) is 0 Å². The first-order valence-electron chi connectivity index (χ1n) is 5.54. The summed E-state index contributed by atoms with van der Waals surface area (Å²) in [6, 6.07) is 8.11. The fourth-order valence-electron chi connectivity index (χ4n) is 1.75. The predicted octanol–water partition coefficient (Wildman–Crippen LogP) is 2.02. The van der Waals surface area contributed by atoms with Crippen molar-refractivity contribution in [2.24, 2.45) is 0 Å². The van der Waals surface area contributed by atoms with Crippen LogP contribution in [0, 0.1) is 0 Å². The second kappa shape index (κ2) is 5.25. The average Bonchev–Trinajstić information content (AvgIpc) is 2.31. The van der Waals surface area contributed by atoms with E-state index in [1.165, 1.54) is 0 Å². The number of carbonyl (C=O) groups excluding carboxylic acids is 1. The highest BCUT2D eigenvalue weighted by molar-refractivity contribution is 8.00. The average molecular weight is 236 g/mol. The van der Waals surface area contributed by atoms with Gasteiger partial charge in [0.15, 0.2) is 0 Å². The Morgan fingerprint density at radius 3 is 2.81 bits per heavy atom. The minimum absolute atomic E-state index is 0.0376. The topological polar surface area (TPSA) is 41.1 Å². The van der Waals surface area contributed by atoms with Crippen LogP contribution < -0.4 is 10.6 Å². The van der Waals surface area contributed by atoms with Gasteiger partial charge in [-0.3, -0.25) is 4.79 Å². The molecular formula is C12H16N2OS. The molecule has 0 saturated carbocycles. The van der Waals surface area contributed by atoms with Crippen LogP contribution in [0.2, 0.25) is 0 Å². The normalized spacial score (nSPS) is 20.3. The van der Waals surface area contributed by atoms with Crippen molar-refractivity contribution >= 4 is 23.4 Å². The van der Waals surface area contributed by atoms with E-state index in [-0.39, 0.29) is 11.2 Å². The summed E-state index contributed by atoms with van der Waals surface area (Å²) in [6.45, 7) is 3.77. The Balaban J connectivity index is 2.11. The summed E-state index contributed by atoms with van der Waals surface area (Å²) in [5.74, 6) is 1.12. The Hall–Kier alpha value is -1.16. The maximum Gasteiger partial charge on any atom is 0.237 e. The summed E-state index contributed by atoms with van der Waals surface area (Å²) in [6.07, 6.45) is 0. The minimum atomic E-state index is -0.0376. The number of benzene rings is 1. The third-order valence-corrected chi connectivity index (χ3v) is 3.78. The number of hydrogen-bond acceptors (Lipinski definition) is 3. The lowest BCUT2D eigenvalue weighted by Gasteiger charge is -2.21. The van der Waals surface area contributed by atoms with Gasteiger partial charge in [-0.2, -0.15) is 0 Å². The van der Waals surface area contributed by atoms with Crippen LogP contribution in [0.1, 0.15) is 17.7 Å². The number of amides is 1. The molecule has 3 nitrogen and oxygen atoms in total. The molecule has 1 aliphatic heterocycles. The molecule has 0 bridgehead atoms. The van der Waals surface area contributed by atoms with Crippen LogP contribution in [0.5, 0.6) is 0 Å². The molecule has 0 spiro atoms. The SMILES string of the molecule is CCNc1ccc(C2SCCNC2=O)cc1.